The number of rotatable bonds is 4. The molecule has 2 heterocycles. The van der Waals surface area contributed by atoms with Crippen molar-refractivity contribution in [3.8, 4) is 0 Å². The SMILES string of the molecule is CC(NCc1cccs1)c1ccoc1. The van der Waals surface area contributed by atoms with Crippen LogP contribution in [0.15, 0.2) is 40.5 Å². The Morgan fingerprint density at radius 1 is 1.50 bits per heavy atom. The summed E-state index contributed by atoms with van der Waals surface area (Å²) in [6, 6.07) is 6.55. The van der Waals surface area contributed by atoms with Crippen LogP contribution in [0.3, 0.4) is 0 Å². The highest BCUT2D eigenvalue weighted by molar-refractivity contribution is 7.09. The Morgan fingerprint density at radius 3 is 3.07 bits per heavy atom. The summed E-state index contributed by atoms with van der Waals surface area (Å²) in [5.41, 5.74) is 1.20. The topological polar surface area (TPSA) is 25.2 Å². The van der Waals surface area contributed by atoms with Crippen LogP contribution in [0.25, 0.3) is 0 Å². The number of furan rings is 1. The van der Waals surface area contributed by atoms with Crippen LogP contribution in [0, 0.1) is 0 Å². The minimum absolute atomic E-state index is 0.343. The Morgan fingerprint density at radius 2 is 2.43 bits per heavy atom. The number of nitrogens with one attached hydrogen (secondary N) is 1. The normalized spacial score (nSPS) is 12.9. The molecule has 0 saturated carbocycles. The highest BCUT2D eigenvalue weighted by atomic mass is 32.1. The number of thiophene rings is 1. The van der Waals surface area contributed by atoms with Crippen LogP contribution in [0.2, 0.25) is 0 Å². The first-order valence-corrected chi connectivity index (χ1v) is 5.52. The second-order valence-corrected chi connectivity index (χ2v) is 4.27. The zero-order valence-corrected chi connectivity index (χ0v) is 8.88. The average Bonchev–Trinajstić information content (AvgIpc) is 2.87. The lowest BCUT2D eigenvalue weighted by Crippen LogP contribution is -2.16. The summed E-state index contributed by atoms with van der Waals surface area (Å²) in [7, 11) is 0. The summed E-state index contributed by atoms with van der Waals surface area (Å²) in [5.74, 6) is 0. The summed E-state index contributed by atoms with van der Waals surface area (Å²) in [6.45, 7) is 3.06. The third-order valence-corrected chi connectivity index (χ3v) is 3.08. The molecule has 0 aromatic carbocycles. The minimum Gasteiger partial charge on any atom is -0.472 e. The summed E-state index contributed by atoms with van der Waals surface area (Å²) in [6.07, 6.45) is 3.49. The van der Waals surface area contributed by atoms with E-state index < -0.39 is 0 Å². The molecule has 74 valence electrons. The van der Waals surface area contributed by atoms with Gasteiger partial charge < -0.3 is 9.73 Å². The van der Waals surface area contributed by atoms with Crippen LogP contribution in [0.5, 0.6) is 0 Å². The highest BCUT2D eigenvalue weighted by Crippen LogP contribution is 2.14. The van der Waals surface area contributed by atoms with Crippen LogP contribution in [0.1, 0.15) is 23.4 Å². The molecule has 2 aromatic rings. The van der Waals surface area contributed by atoms with Crippen LogP contribution < -0.4 is 5.32 Å². The molecule has 14 heavy (non-hydrogen) atoms. The van der Waals surface area contributed by atoms with Crippen LogP contribution in [-0.2, 0) is 6.54 Å². The van der Waals surface area contributed by atoms with Crippen molar-refractivity contribution in [3.63, 3.8) is 0 Å². The molecule has 0 aliphatic rings. The molecule has 0 radical (unpaired) electrons. The third-order valence-electron chi connectivity index (χ3n) is 2.21. The van der Waals surface area contributed by atoms with Crippen molar-refractivity contribution in [3.05, 3.63) is 46.5 Å². The predicted molar refractivity (Wildman–Crippen MR) is 58.3 cm³/mol. The zero-order chi connectivity index (χ0) is 9.80. The molecule has 0 aliphatic heterocycles. The monoisotopic (exact) mass is 207 g/mol. The Balaban J connectivity index is 1.87. The molecule has 1 unspecified atom stereocenters. The predicted octanol–water partition coefficient (Wildman–Crippen LogP) is 3.19. The van der Waals surface area contributed by atoms with Gasteiger partial charge in [-0.2, -0.15) is 0 Å². The van der Waals surface area contributed by atoms with Gasteiger partial charge in [-0.05, 0) is 24.4 Å². The van der Waals surface area contributed by atoms with Crippen LogP contribution in [-0.4, -0.2) is 0 Å². The quantitative estimate of drug-likeness (QED) is 0.833. The Labute approximate surface area is 87.6 Å². The standard InChI is InChI=1S/C11H13NOS/c1-9(10-4-5-13-8-10)12-7-11-3-2-6-14-11/h2-6,8-9,12H,7H2,1H3. The first-order valence-electron chi connectivity index (χ1n) is 4.64. The van der Waals surface area contributed by atoms with Crippen molar-refractivity contribution in [1.29, 1.82) is 0 Å². The van der Waals surface area contributed by atoms with Crippen molar-refractivity contribution in [1.82, 2.24) is 5.32 Å². The fraction of sp³-hybridized carbons (Fsp3) is 0.273. The van der Waals surface area contributed by atoms with E-state index in [0.29, 0.717) is 6.04 Å². The fourth-order valence-corrected chi connectivity index (χ4v) is 1.96. The van der Waals surface area contributed by atoms with Crippen LogP contribution >= 0.6 is 11.3 Å². The van der Waals surface area contributed by atoms with Crippen molar-refractivity contribution in [2.45, 2.75) is 19.5 Å². The smallest absolute Gasteiger partial charge is 0.0950 e. The van der Waals surface area contributed by atoms with E-state index in [9.17, 15) is 0 Å². The molecule has 1 atom stereocenters. The van der Waals surface area contributed by atoms with E-state index in [1.165, 1.54) is 10.4 Å². The lowest BCUT2D eigenvalue weighted by molar-refractivity contribution is 0.540. The average molecular weight is 207 g/mol. The van der Waals surface area contributed by atoms with Gasteiger partial charge >= 0.3 is 0 Å². The van der Waals surface area contributed by atoms with E-state index in [-0.39, 0.29) is 0 Å². The van der Waals surface area contributed by atoms with Crippen molar-refractivity contribution in [2.75, 3.05) is 0 Å². The maximum absolute atomic E-state index is 5.04. The third kappa shape index (κ3) is 2.25. The molecular weight excluding hydrogens is 194 g/mol. The highest BCUT2D eigenvalue weighted by Gasteiger charge is 2.05. The summed E-state index contributed by atoms with van der Waals surface area (Å²) >= 11 is 1.78. The van der Waals surface area contributed by atoms with Crippen LogP contribution in [0.4, 0.5) is 0 Å². The molecule has 3 heteroatoms. The molecule has 0 bridgehead atoms. The summed E-state index contributed by atoms with van der Waals surface area (Å²) in [5, 5.41) is 5.53. The molecular formula is C11H13NOS. The van der Waals surface area contributed by atoms with Gasteiger partial charge in [0.05, 0.1) is 12.5 Å². The Bertz CT molecular complexity index is 353. The van der Waals surface area contributed by atoms with Gasteiger partial charge in [-0.3, -0.25) is 0 Å². The first kappa shape index (κ1) is 9.49. The second kappa shape index (κ2) is 4.44. The fourth-order valence-electron chi connectivity index (χ4n) is 1.31. The molecule has 0 saturated heterocycles. The molecule has 0 spiro atoms. The van der Waals surface area contributed by atoms with E-state index in [0.717, 1.165) is 6.54 Å². The Hall–Kier alpha value is -1.06. The Kier molecular flexibility index (Phi) is 3.01. The maximum atomic E-state index is 5.04. The van der Waals surface area contributed by atoms with Crippen molar-refractivity contribution in [2.24, 2.45) is 0 Å². The van der Waals surface area contributed by atoms with E-state index in [1.807, 2.05) is 6.07 Å². The van der Waals surface area contributed by atoms with Gasteiger partial charge in [-0.25, -0.2) is 0 Å². The van der Waals surface area contributed by atoms with Gasteiger partial charge in [0.2, 0.25) is 0 Å². The van der Waals surface area contributed by atoms with Gasteiger partial charge in [0, 0.05) is 23.0 Å². The minimum atomic E-state index is 0.343. The van der Waals surface area contributed by atoms with Crippen molar-refractivity contribution >= 4 is 11.3 Å². The summed E-state index contributed by atoms with van der Waals surface area (Å²) < 4.78 is 5.04. The molecule has 0 aliphatic carbocycles. The van der Waals surface area contributed by atoms with Crippen molar-refractivity contribution < 1.29 is 4.42 Å². The lowest BCUT2D eigenvalue weighted by Gasteiger charge is -2.10. The van der Waals surface area contributed by atoms with Gasteiger partial charge in [-0.15, -0.1) is 11.3 Å². The van der Waals surface area contributed by atoms with Gasteiger partial charge in [0.15, 0.2) is 0 Å². The molecule has 0 amide bonds. The summed E-state index contributed by atoms with van der Waals surface area (Å²) in [4.78, 5) is 1.36. The van der Waals surface area contributed by atoms with Gasteiger partial charge in [0.1, 0.15) is 0 Å². The number of hydrogen-bond donors (Lipinski definition) is 1. The lowest BCUT2D eigenvalue weighted by atomic mass is 10.2. The zero-order valence-electron chi connectivity index (χ0n) is 8.07. The first-order chi connectivity index (χ1) is 6.86. The van der Waals surface area contributed by atoms with E-state index >= 15 is 0 Å². The van der Waals surface area contributed by atoms with E-state index in [2.05, 4.69) is 29.8 Å². The van der Waals surface area contributed by atoms with E-state index in [1.54, 1.807) is 23.9 Å². The molecule has 2 rings (SSSR count). The van der Waals surface area contributed by atoms with Gasteiger partial charge in [0.25, 0.3) is 0 Å². The van der Waals surface area contributed by atoms with E-state index in [4.69, 9.17) is 4.42 Å². The molecule has 1 N–H and O–H groups in total. The maximum Gasteiger partial charge on any atom is 0.0950 e. The molecule has 2 aromatic heterocycles. The second-order valence-electron chi connectivity index (χ2n) is 3.24. The molecule has 0 fully saturated rings. The largest absolute Gasteiger partial charge is 0.472 e. The molecule has 2 nitrogen and oxygen atoms in total. The van der Waals surface area contributed by atoms with Gasteiger partial charge in [-0.1, -0.05) is 6.07 Å². The number of hydrogen-bond acceptors (Lipinski definition) is 3.